The summed E-state index contributed by atoms with van der Waals surface area (Å²) in [5.41, 5.74) is 0. The molecule has 1 rings (SSSR count). The maximum absolute atomic E-state index is 12.0. The molecule has 1 atom stereocenters. The largest absolute Gasteiger partial charge is 0.522 e. The number of hydrogen-bond donors (Lipinski definition) is 2. The van der Waals surface area contributed by atoms with Gasteiger partial charge in [0.15, 0.2) is 6.29 Å². The minimum Gasteiger partial charge on any atom is -0.467 e. The zero-order valence-electron chi connectivity index (χ0n) is 10.7. The van der Waals surface area contributed by atoms with Crippen molar-refractivity contribution in [3.63, 3.8) is 0 Å². The first-order valence-corrected chi connectivity index (χ1v) is 7.18. The van der Waals surface area contributed by atoms with E-state index in [-0.39, 0.29) is 5.76 Å². The molecule has 0 aliphatic carbocycles. The number of aliphatic hydroxyl groups is 1. The molecule has 2 N–H and O–H groups in total. The van der Waals surface area contributed by atoms with Gasteiger partial charge in [0, 0.05) is 17.6 Å². The number of thioether (sulfide) groups is 1. The second-order valence-electron chi connectivity index (χ2n) is 4.19. The first kappa shape index (κ1) is 16.6. The van der Waals surface area contributed by atoms with Gasteiger partial charge in [0.05, 0.1) is 19.6 Å². The molecule has 0 aromatic rings. The van der Waals surface area contributed by atoms with Crippen molar-refractivity contribution in [1.82, 2.24) is 0 Å². The molecule has 0 saturated carbocycles. The smallest absolute Gasteiger partial charge is 0.467 e. The van der Waals surface area contributed by atoms with Crippen molar-refractivity contribution in [2.75, 3.05) is 37.7 Å². The van der Waals surface area contributed by atoms with E-state index in [1.807, 2.05) is 11.8 Å². The Hall–Kier alpha value is -0.440. The van der Waals surface area contributed by atoms with E-state index in [2.05, 4.69) is 4.74 Å². The van der Waals surface area contributed by atoms with Gasteiger partial charge in [-0.1, -0.05) is 0 Å². The lowest BCUT2D eigenvalue weighted by atomic mass is 10.4. The average Bonchev–Trinajstić information content (AvgIpc) is 2.32. The molecule has 0 bridgehead atoms. The number of quaternary nitrogens is 1. The minimum atomic E-state index is -4.70. The summed E-state index contributed by atoms with van der Waals surface area (Å²) in [4.78, 5) is 1.29. The molecular weight excluding hydrogens is 283 g/mol. The van der Waals surface area contributed by atoms with E-state index in [4.69, 9.17) is 9.84 Å². The fraction of sp³-hybridized carbons (Fsp3) is 0.818. The van der Waals surface area contributed by atoms with Gasteiger partial charge >= 0.3 is 6.36 Å². The van der Waals surface area contributed by atoms with Gasteiger partial charge in [0.25, 0.3) is 0 Å². The second kappa shape index (κ2) is 7.98. The molecule has 1 aliphatic rings. The van der Waals surface area contributed by atoms with Crippen LogP contribution in [-0.2, 0) is 9.47 Å². The van der Waals surface area contributed by atoms with Crippen molar-refractivity contribution >= 4 is 11.8 Å². The van der Waals surface area contributed by atoms with Gasteiger partial charge in [0.1, 0.15) is 12.4 Å². The summed E-state index contributed by atoms with van der Waals surface area (Å²) in [6.45, 7) is 3.15. The maximum Gasteiger partial charge on any atom is 0.522 e. The third-order valence-electron chi connectivity index (χ3n) is 2.52. The molecule has 8 heteroatoms. The number of ether oxygens (including phenoxy) is 2. The number of alkyl halides is 3. The van der Waals surface area contributed by atoms with Gasteiger partial charge in [-0.2, -0.15) is 11.8 Å². The Balaban J connectivity index is 2.46. The highest BCUT2D eigenvalue weighted by Crippen LogP contribution is 2.17. The molecule has 0 radical (unpaired) electrons. The summed E-state index contributed by atoms with van der Waals surface area (Å²) < 4.78 is 44.5. The molecule has 0 aromatic heterocycles. The van der Waals surface area contributed by atoms with Crippen LogP contribution in [0.1, 0.15) is 6.92 Å². The highest BCUT2D eigenvalue weighted by atomic mass is 32.2. The summed E-state index contributed by atoms with van der Waals surface area (Å²) in [6.07, 6.45) is -4.30. The molecule has 1 aliphatic heterocycles. The van der Waals surface area contributed by atoms with E-state index in [1.165, 1.54) is 11.8 Å². The van der Waals surface area contributed by atoms with Gasteiger partial charge in [-0.25, -0.2) is 0 Å². The molecule has 0 amide bonds. The summed E-state index contributed by atoms with van der Waals surface area (Å²) in [6, 6.07) is 0. The first-order chi connectivity index (χ1) is 8.87. The number of hydrogen-bond acceptors (Lipinski definition) is 4. The van der Waals surface area contributed by atoms with Crippen LogP contribution in [0.15, 0.2) is 11.8 Å². The third-order valence-corrected chi connectivity index (χ3v) is 3.50. The van der Waals surface area contributed by atoms with Crippen LogP contribution in [0.2, 0.25) is 0 Å². The van der Waals surface area contributed by atoms with E-state index < -0.39 is 19.3 Å². The lowest BCUT2D eigenvalue weighted by Crippen LogP contribution is -3.13. The normalized spacial score (nSPS) is 20.4. The first-order valence-electron chi connectivity index (χ1n) is 6.02. The highest BCUT2D eigenvalue weighted by molar-refractivity contribution is 7.99. The summed E-state index contributed by atoms with van der Waals surface area (Å²) in [5, 5.41) is 9.08. The Kier molecular flexibility index (Phi) is 6.98. The van der Waals surface area contributed by atoms with E-state index in [0.717, 1.165) is 24.6 Å². The van der Waals surface area contributed by atoms with Crippen molar-refractivity contribution < 1.29 is 32.7 Å². The van der Waals surface area contributed by atoms with Crippen LogP contribution in [0.3, 0.4) is 0 Å². The standard InChI is InChI=1S/C11H18F3NO3S/c1-9(16)18-10(8-17-11(12,13)14)2-3-15-4-6-19-7-5-15/h2,9,16H,3-8H2,1H3/p+1. The second-order valence-corrected chi connectivity index (χ2v) is 5.41. The molecule has 1 heterocycles. The summed E-state index contributed by atoms with van der Waals surface area (Å²) >= 11 is 1.87. The topological polar surface area (TPSA) is 43.1 Å². The molecule has 1 fully saturated rings. The predicted molar refractivity (Wildman–Crippen MR) is 65.7 cm³/mol. The van der Waals surface area contributed by atoms with Crippen LogP contribution in [0.5, 0.6) is 0 Å². The monoisotopic (exact) mass is 302 g/mol. The van der Waals surface area contributed by atoms with E-state index >= 15 is 0 Å². The Bertz CT molecular complexity index is 291. The predicted octanol–water partition coefficient (Wildman–Crippen LogP) is 0.393. The van der Waals surface area contributed by atoms with E-state index in [9.17, 15) is 13.2 Å². The zero-order chi connectivity index (χ0) is 14.3. The number of aliphatic hydroxyl groups excluding tert-OH is 1. The van der Waals surface area contributed by atoms with Crippen molar-refractivity contribution in [3.05, 3.63) is 11.8 Å². The number of nitrogens with one attached hydrogen (secondary N) is 1. The lowest BCUT2D eigenvalue weighted by molar-refractivity contribution is -0.890. The number of halogens is 3. The fourth-order valence-corrected chi connectivity index (χ4v) is 2.71. The van der Waals surface area contributed by atoms with Crippen LogP contribution < -0.4 is 4.90 Å². The Morgan fingerprint density at radius 1 is 1.42 bits per heavy atom. The Morgan fingerprint density at radius 3 is 2.58 bits per heavy atom. The maximum atomic E-state index is 12.0. The van der Waals surface area contributed by atoms with Crippen LogP contribution in [0, 0.1) is 0 Å². The van der Waals surface area contributed by atoms with Crippen LogP contribution in [-0.4, -0.2) is 55.5 Å². The zero-order valence-corrected chi connectivity index (χ0v) is 11.5. The quantitative estimate of drug-likeness (QED) is 0.550. The molecule has 1 saturated heterocycles. The summed E-state index contributed by atoms with van der Waals surface area (Å²) in [7, 11) is 0. The molecule has 4 nitrogen and oxygen atoms in total. The van der Waals surface area contributed by atoms with Gasteiger partial charge in [-0.15, -0.1) is 13.2 Å². The lowest BCUT2D eigenvalue weighted by Gasteiger charge is -2.22. The average molecular weight is 302 g/mol. The van der Waals surface area contributed by atoms with Crippen molar-refractivity contribution in [2.24, 2.45) is 0 Å². The molecule has 1 unspecified atom stereocenters. The van der Waals surface area contributed by atoms with Gasteiger partial charge in [-0.3, -0.25) is 4.74 Å². The molecule has 112 valence electrons. The van der Waals surface area contributed by atoms with Gasteiger partial charge in [-0.05, 0) is 6.92 Å². The van der Waals surface area contributed by atoms with Gasteiger partial charge < -0.3 is 14.7 Å². The highest BCUT2D eigenvalue weighted by Gasteiger charge is 2.30. The fourth-order valence-electron chi connectivity index (χ4n) is 1.64. The van der Waals surface area contributed by atoms with E-state index in [1.54, 1.807) is 6.08 Å². The molecule has 0 aromatic carbocycles. The molecular formula is C11H19F3NO3S+. The Labute approximate surface area is 114 Å². The van der Waals surface area contributed by atoms with Crippen LogP contribution >= 0.6 is 11.8 Å². The van der Waals surface area contributed by atoms with E-state index in [0.29, 0.717) is 6.54 Å². The van der Waals surface area contributed by atoms with Crippen molar-refractivity contribution in [1.29, 1.82) is 0 Å². The van der Waals surface area contributed by atoms with Crippen molar-refractivity contribution in [2.45, 2.75) is 19.6 Å². The molecule has 19 heavy (non-hydrogen) atoms. The molecule has 0 spiro atoms. The van der Waals surface area contributed by atoms with Gasteiger partial charge in [0.2, 0.25) is 0 Å². The summed E-state index contributed by atoms with van der Waals surface area (Å²) in [5.74, 6) is 2.11. The Morgan fingerprint density at radius 2 is 2.05 bits per heavy atom. The SMILES string of the molecule is CC(O)OC(=CC[NH+]1CCSCC1)COC(F)(F)F. The minimum absolute atomic E-state index is 0.0121. The van der Waals surface area contributed by atoms with Crippen LogP contribution in [0.25, 0.3) is 0 Å². The van der Waals surface area contributed by atoms with Crippen molar-refractivity contribution in [3.8, 4) is 0 Å². The third kappa shape index (κ3) is 8.35. The van der Waals surface area contributed by atoms with Crippen LogP contribution in [0.4, 0.5) is 13.2 Å². The number of rotatable bonds is 6.